The van der Waals surface area contributed by atoms with E-state index in [1.165, 1.54) is 0 Å². The van der Waals surface area contributed by atoms with Crippen LogP contribution < -0.4 is 5.32 Å². The Bertz CT molecular complexity index is 1390. The van der Waals surface area contributed by atoms with Gasteiger partial charge in [-0.2, -0.15) is 18.3 Å². The molecule has 1 saturated carbocycles. The first-order valence-corrected chi connectivity index (χ1v) is 12.2. The van der Waals surface area contributed by atoms with Gasteiger partial charge in [0.05, 0.1) is 17.0 Å². The van der Waals surface area contributed by atoms with Crippen molar-refractivity contribution in [3.63, 3.8) is 0 Å². The number of rotatable bonds is 4. The Morgan fingerprint density at radius 3 is 2.72 bits per heavy atom. The van der Waals surface area contributed by atoms with Crippen LogP contribution in [0.1, 0.15) is 56.7 Å². The number of anilines is 1. The molecule has 2 fully saturated rings. The van der Waals surface area contributed by atoms with Gasteiger partial charge in [-0.05, 0) is 57.1 Å². The molecule has 0 amide bonds. The normalized spacial score (nSPS) is 23.4. The molecule has 1 aliphatic carbocycles. The Labute approximate surface area is 204 Å². The summed E-state index contributed by atoms with van der Waals surface area (Å²) < 4.78 is 51.6. The van der Waals surface area contributed by atoms with Crippen molar-refractivity contribution in [3.05, 3.63) is 36.2 Å². The van der Waals surface area contributed by atoms with E-state index in [2.05, 4.69) is 25.5 Å². The number of nitrogens with zero attached hydrogens (tertiary/aromatic N) is 6. The molecular formula is C24H26F3N7O2. The number of aromatic nitrogens is 6. The smallest absolute Gasteiger partial charge is 0.393 e. The highest BCUT2D eigenvalue weighted by Crippen LogP contribution is 2.40. The number of pyridine rings is 1. The summed E-state index contributed by atoms with van der Waals surface area (Å²) in [5, 5.41) is 22.8. The minimum Gasteiger partial charge on any atom is -0.393 e. The minimum absolute atomic E-state index is 0.0743. The number of alkyl halides is 3. The number of halogens is 3. The van der Waals surface area contributed by atoms with Crippen LogP contribution in [-0.2, 0) is 10.9 Å². The number of hydrogen-bond acceptors (Lipinski definition) is 7. The van der Waals surface area contributed by atoms with E-state index in [0.29, 0.717) is 42.4 Å². The largest absolute Gasteiger partial charge is 0.420 e. The second-order valence-electron chi connectivity index (χ2n) is 9.46. The molecule has 0 spiro atoms. The topological polar surface area (TPSA) is 102 Å². The predicted molar refractivity (Wildman–Crippen MR) is 125 cm³/mol. The molecule has 9 nitrogen and oxygen atoms in total. The van der Waals surface area contributed by atoms with Crippen LogP contribution >= 0.6 is 0 Å². The van der Waals surface area contributed by atoms with E-state index in [-0.39, 0.29) is 23.4 Å². The van der Waals surface area contributed by atoms with Gasteiger partial charge in [0, 0.05) is 25.0 Å². The summed E-state index contributed by atoms with van der Waals surface area (Å²) in [5.74, 6) is 0.0743. The van der Waals surface area contributed by atoms with Crippen molar-refractivity contribution in [2.45, 2.75) is 69.5 Å². The molecule has 2 aliphatic rings. The highest BCUT2D eigenvalue weighted by atomic mass is 19.4. The number of aliphatic hydroxyl groups is 1. The molecule has 0 aromatic carbocycles. The molecule has 190 valence electrons. The van der Waals surface area contributed by atoms with Crippen LogP contribution in [0.15, 0.2) is 30.6 Å². The molecule has 0 radical (unpaired) electrons. The molecule has 3 atom stereocenters. The Morgan fingerprint density at radius 1 is 1.06 bits per heavy atom. The lowest BCUT2D eigenvalue weighted by Gasteiger charge is -2.26. The lowest BCUT2D eigenvalue weighted by molar-refractivity contribution is -0.137. The zero-order valence-electron chi connectivity index (χ0n) is 19.4. The lowest BCUT2D eigenvalue weighted by Crippen LogP contribution is -2.30. The number of nitrogens with one attached hydrogen (secondary N) is 1. The molecule has 0 bridgehead atoms. The minimum atomic E-state index is -4.69. The molecule has 1 aliphatic heterocycles. The van der Waals surface area contributed by atoms with Crippen molar-refractivity contribution in [1.82, 2.24) is 29.4 Å². The van der Waals surface area contributed by atoms with Crippen LogP contribution in [0.2, 0.25) is 0 Å². The molecule has 4 aromatic rings. The molecule has 5 heterocycles. The maximum Gasteiger partial charge on any atom is 0.420 e. The number of hydrogen-bond donors (Lipinski definition) is 2. The van der Waals surface area contributed by atoms with Crippen molar-refractivity contribution in [3.8, 4) is 11.4 Å². The van der Waals surface area contributed by atoms with Gasteiger partial charge in [-0.1, -0.05) is 6.07 Å². The zero-order valence-corrected chi connectivity index (χ0v) is 19.4. The number of aliphatic hydroxyl groups excluding tert-OH is 1. The highest BCUT2D eigenvalue weighted by molar-refractivity contribution is 6.03. The first-order chi connectivity index (χ1) is 17.4. The van der Waals surface area contributed by atoms with Gasteiger partial charge in [0.1, 0.15) is 17.0 Å². The summed E-state index contributed by atoms with van der Waals surface area (Å²) in [4.78, 5) is 8.32. The van der Waals surface area contributed by atoms with Crippen LogP contribution in [0, 0.1) is 0 Å². The van der Waals surface area contributed by atoms with E-state index in [9.17, 15) is 18.3 Å². The Kier molecular flexibility index (Phi) is 5.79. The monoisotopic (exact) mass is 501 g/mol. The summed E-state index contributed by atoms with van der Waals surface area (Å²) in [7, 11) is 0. The summed E-state index contributed by atoms with van der Waals surface area (Å²) in [5.41, 5.74) is -0.124. The second-order valence-corrected chi connectivity index (χ2v) is 9.46. The summed E-state index contributed by atoms with van der Waals surface area (Å²) in [6.45, 7) is 0.553. The van der Waals surface area contributed by atoms with Crippen molar-refractivity contribution in [1.29, 1.82) is 0 Å². The fourth-order valence-corrected chi connectivity index (χ4v) is 5.18. The third-order valence-corrected chi connectivity index (χ3v) is 6.91. The SMILES string of the molecule is O[C@H]1CCC[C@H](Nc2ncc(C(F)(F)F)c(-c3nn(C4CCCCO4)c4nn5ccccc5c34)n2)C1. The van der Waals surface area contributed by atoms with Crippen LogP contribution in [0.25, 0.3) is 27.9 Å². The maximum atomic E-state index is 14.2. The van der Waals surface area contributed by atoms with Crippen LogP contribution in [0.4, 0.5) is 19.1 Å². The second kappa shape index (κ2) is 9.00. The van der Waals surface area contributed by atoms with Gasteiger partial charge in [-0.15, -0.1) is 5.10 Å². The van der Waals surface area contributed by atoms with Crippen molar-refractivity contribution in [2.75, 3.05) is 11.9 Å². The zero-order chi connectivity index (χ0) is 24.9. The Hall–Kier alpha value is -3.25. The van der Waals surface area contributed by atoms with Gasteiger partial charge in [-0.25, -0.2) is 19.2 Å². The van der Waals surface area contributed by atoms with Crippen LogP contribution in [-0.4, -0.2) is 53.2 Å². The predicted octanol–water partition coefficient (Wildman–Crippen LogP) is 4.57. The maximum absolute atomic E-state index is 14.2. The first-order valence-electron chi connectivity index (χ1n) is 12.2. The molecule has 1 unspecified atom stereocenters. The summed E-state index contributed by atoms with van der Waals surface area (Å²) in [6.07, 6.45) is 2.35. The standard InChI is InChI=1S/C24H26F3N7O2/c25-24(26,27)16-13-28-23(29-14-6-5-7-15(35)12-14)30-20(16)21-19-17-8-1-3-10-33(17)32-22(19)34(31-21)18-9-2-4-11-36-18/h1,3,8,10,13-15,18,35H,2,4-7,9,11-12H2,(H,28,29,30)/t14-,15-,18?/m0/s1. The van der Waals surface area contributed by atoms with Crippen molar-refractivity contribution in [2.24, 2.45) is 0 Å². The third kappa shape index (κ3) is 4.17. The van der Waals surface area contributed by atoms with Gasteiger partial charge in [0.2, 0.25) is 5.95 Å². The van der Waals surface area contributed by atoms with Gasteiger partial charge in [0.25, 0.3) is 0 Å². The van der Waals surface area contributed by atoms with Crippen molar-refractivity contribution >= 4 is 22.5 Å². The number of fused-ring (bicyclic) bond motifs is 3. The summed E-state index contributed by atoms with van der Waals surface area (Å²) >= 11 is 0. The quantitative estimate of drug-likeness (QED) is 0.422. The van der Waals surface area contributed by atoms with E-state index in [0.717, 1.165) is 31.9 Å². The Balaban J connectivity index is 1.53. The first kappa shape index (κ1) is 23.2. The van der Waals surface area contributed by atoms with E-state index in [1.807, 2.05) is 0 Å². The molecule has 4 aromatic heterocycles. The fourth-order valence-electron chi connectivity index (χ4n) is 5.18. The van der Waals surface area contributed by atoms with E-state index in [4.69, 9.17) is 4.74 Å². The van der Waals surface area contributed by atoms with Gasteiger partial charge < -0.3 is 15.2 Å². The lowest BCUT2D eigenvalue weighted by atomic mass is 9.93. The third-order valence-electron chi connectivity index (χ3n) is 6.91. The van der Waals surface area contributed by atoms with Crippen molar-refractivity contribution < 1.29 is 23.0 Å². The summed E-state index contributed by atoms with van der Waals surface area (Å²) in [6, 6.07) is 5.29. The van der Waals surface area contributed by atoms with E-state index < -0.39 is 24.1 Å². The van der Waals surface area contributed by atoms with E-state index >= 15 is 0 Å². The number of ether oxygens (including phenoxy) is 1. The fraction of sp³-hybridized carbons (Fsp3) is 0.500. The Morgan fingerprint density at radius 2 is 1.94 bits per heavy atom. The van der Waals surface area contributed by atoms with Crippen LogP contribution in [0.3, 0.4) is 0 Å². The van der Waals surface area contributed by atoms with Gasteiger partial charge in [0.15, 0.2) is 11.9 Å². The molecule has 1 saturated heterocycles. The van der Waals surface area contributed by atoms with E-state index in [1.54, 1.807) is 33.6 Å². The van der Waals surface area contributed by atoms with Gasteiger partial charge >= 0.3 is 6.18 Å². The molecular weight excluding hydrogens is 475 g/mol. The average molecular weight is 502 g/mol. The molecule has 12 heteroatoms. The molecule has 6 rings (SSSR count). The molecule has 2 N–H and O–H groups in total. The van der Waals surface area contributed by atoms with Crippen LogP contribution in [0.5, 0.6) is 0 Å². The average Bonchev–Trinajstić information content (AvgIpc) is 3.41. The van der Waals surface area contributed by atoms with Gasteiger partial charge in [-0.3, -0.25) is 0 Å². The highest BCUT2D eigenvalue weighted by Gasteiger charge is 2.38. The molecule has 36 heavy (non-hydrogen) atoms.